The summed E-state index contributed by atoms with van der Waals surface area (Å²) in [6.07, 6.45) is -0.365. The number of hydrogen-bond donors (Lipinski definition) is 0. The SMILES string of the molecule is [2H]C([2H])([2H])OCCOc1ccc(N2CCN(C(=O)OC(C)(C)C)CC2)c(F)c1. The van der Waals surface area contributed by atoms with E-state index in [0.29, 0.717) is 37.6 Å². The second kappa shape index (κ2) is 8.38. The van der Waals surface area contributed by atoms with Crippen molar-refractivity contribution < 1.29 is 27.5 Å². The van der Waals surface area contributed by atoms with Gasteiger partial charge in [-0.05, 0) is 32.9 Å². The molecule has 0 bridgehead atoms. The lowest BCUT2D eigenvalue weighted by Crippen LogP contribution is -2.50. The summed E-state index contributed by atoms with van der Waals surface area (Å²) in [5, 5.41) is 0. The number of halogens is 1. The van der Waals surface area contributed by atoms with Crippen molar-refractivity contribution in [2.24, 2.45) is 0 Å². The van der Waals surface area contributed by atoms with Crippen molar-refractivity contribution in [3.63, 3.8) is 0 Å². The fraction of sp³-hybridized carbons (Fsp3) is 0.611. The van der Waals surface area contributed by atoms with E-state index in [0.717, 1.165) is 0 Å². The molecule has 0 radical (unpaired) electrons. The van der Waals surface area contributed by atoms with Crippen LogP contribution in [0, 0.1) is 5.82 Å². The molecule has 1 amide bonds. The fourth-order valence-corrected chi connectivity index (χ4v) is 2.49. The number of benzene rings is 1. The van der Waals surface area contributed by atoms with Gasteiger partial charge in [-0.2, -0.15) is 0 Å². The zero-order valence-electron chi connectivity index (χ0n) is 17.9. The topological polar surface area (TPSA) is 51.2 Å². The van der Waals surface area contributed by atoms with Gasteiger partial charge in [0.15, 0.2) is 0 Å². The Morgan fingerprint density at radius 2 is 1.96 bits per heavy atom. The summed E-state index contributed by atoms with van der Waals surface area (Å²) in [5.74, 6) is -0.150. The third kappa shape index (κ3) is 5.77. The second-order valence-electron chi connectivity index (χ2n) is 6.76. The number of piperazine rings is 1. The molecule has 0 spiro atoms. The first kappa shape index (κ1) is 15.3. The number of carbonyl (C=O) groups excluding carboxylic acids is 1. The smallest absolute Gasteiger partial charge is 0.410 e. The van der Waals surface area contributed by atoms with Gasteiger partial charge in [-0.1, -0.05) is 0 Å². The Balaban J connectivity index is 1.85. The lowest BCUT2D eigenvalue weighted by molar-refractivity contribution is 0.0240. The number of nitrogens with zero attached hydrogens (tertiary/aromatic N) is 2. The Labute approximate surface area is 152 Å². The van der Waals surface area contributed by atoms with E-state index in [2.05, 4.69) is 4.74 Å². The minimum atomic E-state index is -2.47. The minimum absolute atomic E-state index is 0.00569. The molecule has 0 aliphatic carbocycles. The predicted octanol–water partition coefficient (Wildman–Crippen LogP) is 2.91. The molecule has 7 heteroatoms. The Hall–Kier alpha value is -2.02. The molecule has 0 N–H and O–H groups in total. The summed E-state index contributed by atoms with van der Waals surface area (Å²) in [5.41, 5.74) is -0.125. The van der Waals surface area contributed by atoms with Crippen molar-refractivity contribution in [2.75, 3.05) is 51.3 Å². The van der Waals surface area contributed by atoms with Crippen LogP contribution in [-0.2, 0) is 9.47 Å². The maximum atomic E-state index is 14.5. The highest BCUT2D eigenvalue weighted by Crippen LogP contribution is 2.25. The van der Waals surface area contributed by atoms with Crippen LogP contribution in [0.4, 0.5) is 14.9 Å². The van der Waals surface area contributed by atoms with E-state index in [9.17, 15) is 9.18 Å². The van der Waals surface area contributed by atoms with Crippen LogP contribution in [0.1, 0.15) is 24.9 Å². The van der Waals surface area contributed by atoms with Gasteiger partial charge in [-0.3, -0.25) is 0 Å². The Morgan fingerprint density at radius 1 is 1.24 bits per heavy atom. The summed E-state index contributed by atoms with van der Waals surface area (Å²) in [4.78, 5) is 15.6. The lowest BCUT2D eigenvalue weighted by Gasteiger charge is -2.36. The van der Waals surface area contributed by atoms with Gasteiger partial charge in [0.1, 0.15) is 23.8 Å². The highest BCUT2D eigenvalue weighted by Gasteiger charge is 2.26. The molecule has 1 aromatic carbocycles. The second-order valence-corrected chi connectivity index (χ2v) is 6.76. The van der Waals surface area contributed by atoms with Gasteiger partial charge in [0.2, 0.25) is 0 Å². The van der Waals surface area contributed by atoms with Crippen molar-refractivity contribution in [3.8, 4) is 5.75 Å². The summed E-state index contributed by atoms with van der Waals surface area (Å²) < 4.78 is 50.5. The first-order valence-electron chi connectivity index (χ1n) is 9.74. The molecule has 1 aromatic rings. The predicted molar refractivity (Wildman–Crippen MR) is 93.8 cm³/mol. The van der Waals surface area contributed by atoms with Gasteiger partial charge in [0.25, 0.3) is 0 Å². The third-order valence-corrected chi connectivity index (χ3v) is 3.65. The van der Waals surface area contributed by atoms with Crippen molar-refractivity contribution in [2.45, 2.75) is 26.4 Å². The highest BCUT2D eigenvalue weighted by molar-refractivity contribution is 5.68. The molecule has 0 unspecified atom stereocenters. The number of hydrogen-bond acceptors (Lipinski definition) is 5. The van der Waals surface area contributed by atoms with Crippen LogP contribution in [0.15, 0.2) is 18.2 Å². The highest BCUT2D eigenvalue weighted by atomic mass is 19.1. The molecule has 25 heavy (non-hydrogen) atoms. The van der Waals surface area contributed by atoms with Gasteiger partial charge in [0, 0.05) is 39.3 Å². The zero-order valence-corrected chi connectivity index (χ0v) is 14.9. The zero-order chi connectivity index (χ0) is 20.9. The molecule has 1 heterocycles. The van der Waals surface area contributed by atoms with Crippen LogP contribution in [0.2, 0.25) is 0 Å². The van der Waals surface area contributed by atoms with E-state index in [4.69, 9.17) is 13.6 Å². The van der Waals surface area contributed by atoms with Crippen molar-refractivity contribution in [1.82, 2.24) is 4.90 Å². The molecule has 6 nitrogen and oxygen atoms in total. The maximum absolute atomic E-state index is 14.5. The molecule has 2 rings (SSSR count). The number of anilines is 1. The number of carbonyl (C=O) groups is 1. The number of amides is 1. The average Bonchev–Trinajstić information content (AvgIpc) is 2.57. The van der Waals surface area contributed by atoms with Gasteiger partial charge in [-0.25, -0.2) is 9.18 Å². The quantitative estimate of drug-likeness (QED) is 0.759. The van der Waals surface area contributed by atoms with Crippen LogP contribution in [0.5, 0.6) is 5.75 Å². The van der Waals surface area contributed by atoms with Gasteiger partial charge in [-0.15, -0.1) is 0 Å². The molecule has 1 aliphatic rings. The van der Waals surface area contributed by atoms with Crippen molar-refractivity contribution in [3.05, 3.63) is 24.0 Å². The summed E-state index contributed by atoms with van der Waals surface area (Å²) in [6.45, 7) is 7.20. The molecule has 1 saturated heterocycles. The molecular formula is C18H27FN2O4. The van der Waals surface area contributed by atoms with Crippen LogP contribution in [-0.4, -0.2) is 63.0 Å². The monoisotopic (exact) mass is 357 g/mol. The minimum Gasteiger partial charge on any atom is -0.491 e. The molecular weight excluding hydrogens is 327 g/mol. The third-order valence-electron chi connectivity index (χ3n) is 3.65. The lowest BCUT2D eigenvalue weighted by atomic mass is 10.2. The van der Waals surface area contributed by atoms with Crippen LogP contribution in [0.3, 0.4) is 0 Å². The van der Waals surface area contributed by atoms with E-state index in [1.807, 2.05) is 25.7 Å². The van der Waals surface area contributed by atoms with Crippen molar-refractivity contribution >= 4 is 11.8 Å². The van der Waals surface area contributed by atoms with Gasteiger partial charge in [0.05, 0.1) is 16.4 Å². The standard InChI is InChI=1S/C18H27FN2O4/c1-18(2,3)25-17(22)21-9-7-20(8-10-21)16-6-5-14(13-15(16)19)24-12-11-23-4/h5-6,13H,7-12H2,1-4H3/i4D3. The van der Waals surface area contributed by atoms with E-state index in [1.54, 1.807) is 17.0 Å². The first-order chi connectivity index (χ1) is 12.9. The van der Waals surface area contributed by atoms with Crippen LogP contribution < -0.4 is 9.64 Å². The largest absolute Gasteiger partial charge is 0.491 e. The summed E-state index contributed by atoms with van der Waals surface area (Å²) in [6, 6.07) is 4.48. The Bertz CT molecular complexity index is 672. The van der Waals surface area contributed by atoms with Crippen LogP contribution >= 0.6 is 0 Å². The normalized spacial score (nSPS) is 17.5. The van der Waals surface area contributed by atoms with E-state index < -0.39 is 18.5 Å². The van der Waals surface area contributed by atoms with E-state index in [1.165, 1.54) is 6.07 Å². The number of methoxy groups -OCH3 is 1. The van der Waals surface area contributed by atoms with E-state index in [-0.39, 0.29) is 19.3 Å². The Morgan fingerprint density at radius 3 is 2.56 bits per heavy atom. The van der Waals surface area contributed by atoms with Gasteiger partial charge >= 0.3 is 6.09 Å². The average molecular weight is 357 g/mol. The van der Waals surface area contributed by atoms with E-state index >= 15 is 0 Å². The first-order valence-corrected chi connectivity index (χ1v) is 8.24. The van der Waals surface area contributed by atoms with Crippen LogP contribution in [0.25, 0.3) is 0 Å². The number of ether oxygens (including phenoxy) is 3. The fourth-order valence-electron chi connectivity index (χ4n) is 2.49. The number of rotatable bonds is 5. The Kier molecular flexibility index (Phi) is 5.11. The summed E-state index contributed by atoms with van der Waals surface area (Å²) in [7, 11) is -2.47. The molecule has 0 atom stereocenters. The molecule has 140 valence electrons. The van der Waals surface area contributed by atoms with Gasteiger partial charge < -0.3 is 24.0 Å². The summed E-state index contributed by atoms with van der Waals surface area (Å²) >= 11 is 0. The molecule has 1 fully saturated rings. The van der Waals surface area contributed by atoms with Crippen molar-refractivity contribution in [1.29, 1.82) is 0 Å². The molecule has 0 saturated carbocycles. The molecule has 1 aliphatic heterocycles. The molecule has 0 aromatic heterocycles. The maximum Gasteiger partial charge on any atom is 0.410 e.